The Bertz CT molecular complexity index is 803. The molecule has 1 heterocycles. The number of H-pyrrole nitrogens is 1. The van der Waals surface area contributed by atoms with E-state index in [0.717, 1.165) is 22.4 Å². The third kappa shape index (κ3) is 3.21. The van der Waals surface area contributed by atoms with E-state index in [4.69, 9.17) is 9.47 Å². The largest absolute Gasteiger partial charge is 0.493 e. The highest BCUT2D eigenvalue weighted by atomic mass is 16.5. The average Bonchev–Trinajstić information content (AvgIpc) is 3.00. The Hall–Kier alpha value is -2.75. The van der Waals surface area contributed by atoms with E-state index in [2.05, 4.69) is 9.97 Å². The summed E-state index contributed by atoms with van der Waals surface area (Å²) >= 11 is 0. The molecule has 0 amide bonds. The van der Waals surface area contributed by atoms with Crippen LogP contribution in [0, 0.1) is 0 Å². The maximum absolute atomic E-state index is 6.04. The Morgan fingerprint density at radius 1 is 1.13 bits per heavy atom. The quantitative estimate of drug-likeness (QED) is 0.740. The van der Waals surface area contributed by atoms with Gasteiger partial charge in [0.1, 0.15) is 5.82 Å². The fourth-order valence-corrected chi connectivity index (χ4v) is 2.49. The SMILES string of the molecule is CC=Cc1ccc(OC(C)c2nc3ccccc3[nH]2)c(OC)c1. The van der Waals surface area contributed by atoms with Crippen LogP contribution in [0.25, 0.3) is 17.1 Å². The maximum Gasteiger partial charge on any atom is 0.162 e. The summed E-state index contributed by atoms with van der Waals surface area (Å²) < 4.78 is 11.5. The molecular weight excluding hydrogens is 288 g/mol. The average molecular weight is 308 g/mol. The number of benzene rings is 2. The summed E-state index contributed by atoms with van der Waals surface area (Å²) in [7, 11) is 1.65. The van der Waals surface area contributed by atoms with Crippen molar-refractivity contribution in [3.8, 4) is 11.5 Å². The summed E-state index contributed by atoms with van der Waals surface area (Å²) in [5, 5.41) is 0. The lowest BCUT2D eigenvalue weighted by Gasteiger charge is -2.15. The van der Waals surface area contributed by atoms with Gasteiger partial charge in [-0.3, -0.25) is 0 Å². The zero-order chi connectivity index (χ0) is 16.2. The molecule has 0 aliphatic heterocycles. The number of methoxy groups -OCH3 is 1. The van der Waals surface area contributed by atoms with Gasteiger partial charge in [-0.25, -0.2) is 4.98 Å². The number of nitrogens with one attached hydrogen (secondary N) is 1. The first-order valence-electron chi connectivity index (χ1n) is 7.63. The number of ether oxygens (including phenoxy) is 2. The van der Waals surface area contributed by atoms with Crippen LogP contribution < -0.4 is 9.47 Å². The van der Waals surface area contributed by atoms with E-state index in [0.29, 0.717) is 11.5 Å². The van der Waals surface area contributed by atoms with Gasteiger partial charge in [-0.1, -0.05) is 30.4 Å². The number of aromatic nitrogens is 2. The second-order valence-corrected chi connectivity index (χ2v) is 5.31. The maximum atomic E-state index is 6.04. The lowest BCUT2D eigenvalue weighted by Crippen LogP contribution is -2.06. The number of allylic oxidation sites excluding steroid dienone is 1. The van der Waals surface area contributed by atoms with Crippen LogP contribution in [0.3, 0.4) is 0 Å². The number of rotatable bonds is 5. The molecule has 3 rings (SSSR count). The molecule has 4 nitrogen and oxygen atoms in total. The van der Waals surface area contributed by atoms with Crippen LogP contribution in [0.2, 0.25) is 0 Å². The van der Waals surface area contributed by atoms with Crippen LogP contribution >= 0.6 is 0 Å². The van der Waals surface area contributed by atoms with Crippen molar-refractivity contribution in [3.63, 3.8) is 0 Å². The van der Waals surface area contributed by atoms with Crippen LogP contribution in [0.5, 0.6) is 11.5 Å². The van der Waals surface area contributed by atoms with E-state index in [1.165, 1.54) is 0 Å². The van der Waals surface area contributed by atoms with Gasteiger partial charge in [-0.2, -0.15) is 0 Å². The van der Waals surface area contributed by atoms with Gasteiger partial charge in [0, 0.05) is 0 Å². The molecule has 0 bridgehead atoms. The molecule has 0 saturated heterocycles. The van der Waals surface area contributed by atoms with Crippen molar-refractivity contribution in [2.75, 3.05) is 7.11 Å². The summed E-state index contributed by atoms with van der Waals surface area (Å²) in [5.74, 6) is 2.21. The zero-order valence-electron chi connectivity index (χ0n) is 13.5. The third-order valence-electron chi connectivity index (χ3n) is 3.64. The van der Waals surface area contributed by atoms with Gasteiger partial charge in [0.2, 0.25) is 0 Å². The van der Waals surface area contributed by atoms with Gasteiger partial charge >= 0.3 is 0 Å². The Morgan fingerprint density at radius 3 is 2.70 bits per heavy atom. The molecule has 1 N–H and O–H groups in total. The molecule has 0 aliphatic carbocycles. The number of hydrogen-bond acceptors (Lipinski definition) is 3. The summed E-state index contributed by atoms with van der Waals surface area (Å²) in [4.78, 5) is 7.88. The van der Waals surface area contributed by atoms with Crippen molar-refractivity contribution < 1.29 is 9.47 Å². The Balaban J connectivity index is 1.85. The van der Waals surface area contributed by atoms with Gasteiger partial charge in [0.15, 0.2) is 17.6 Å². The van der Waals surface area contributed by atoms with Crippen molar-refractivity contribution in [3.05, 3.63) is 59.9 Å². The molecule has 0 spiro atoms. The van der Waals surface area contributed by atoms with E-state index in [9.17, 15) is 0 Å². The second-order valence-electron chi connectivity index (χ2n) is 5.31. The van der Waals surface area contributed by atoms with Crippen LogP contribution in [0.1, 0.15) is 31.3 Å². The highest BCUT2D eigenvalue weighted by Gasteiger charge is 2.15. The summed E-state index contributed by atoms with van der Waals surface area (Å²) in [6.07, 6.45) is 3.81. The predicted molar refractivity (Wildman–Crippen MR) is 92.8 cm³/mol. The van der Waals surface area contributed by atoms with Crippen LogP contribution in [0.4, 0.5) is 0 Å². The van der Waals surface area contributed by atoms with Crippen molar-refractivity contribution >= 4 is 17.1 Å². The van der Waals surface area contributed by atoms with Gasteiger partial charge in [0.05, 0.1) is 18.1 Å². The van der Waals surface area contributed by atoms with Crippen LogP contribution in [-0.2, 0) is 0 Å². The van der Waals surface area contributed by atoms with Crippen molar-refractivity contribution in [1.82, 2.24) is 9.97 Å². The molecule has 0 radical (unpaired) electrons. The van der Waals surface area contributed by atoms with E-state index >= 15 is 0 Å². The summed E-state index contributed by atoms with van der Waals surface area (Å²) in [6.45, 7) is 3.96. The lowest BCUT2D eigenvalue weighted by molar-refractivity contribution is 0.208. The second kappa shape index (κ2) is 6.57. The standard InChI is InChI=1S/C19H20N2O2/c1-4-7-14-10-11-17(18(12-14)22-3)23-13(2)19-20-15-8-5-6-9-16(15)21-19/h4-13H,1-3H3,(H,20,21). The van der Waals surface area contributed by atoms with E-state index < -0.39 is 0 Å². The molecule has 23 heavy (non-hydrogen) atoms. The highest BCUT2D eigenvalue weighted by molar-refractivity contribution is 5.74. The molecule has 1 atom stereocenters. The van der Waals surface area contributed by atoms with E-state index in [-0.39, 0.29) is 6.10 Å². The number of nitrogens with zero attached hydrogens (tertiary/aromatic N) is 1. The Morgan fingerprint density at radius 2 is 1.96 bits per heavy atom. The first kappa shape index (κ1) is 15.2. The van der Waals surface area contributed by atoms with Crippen LogP contribution in [0.15, 0.2) is 48.5 Å². The number of para-hydroxylation sites is 2. The van der Waals surface area contributed by atoms with Crippen molar-refractivity contribution in [2.24, 2.45) is 0 Å². The summed E-state index contributed by atoms with van der Waals surface area (Å²) in [5.41, 5.74) is 3.02. The lowest BCUT2D eigenvalue weighted by atomic mass is 10.2. The molecule has 1 unspecified atom stereocenters. The van der Waals surface area contributed by atoms with Gasteiger partial charge in [-0.15, -0.1) is 0 Å². The molecule has 0 aliphatic rings. The first-order valence-corrected chi connectivity index (χ1v) is 7.63. The fourth-order valence-electron chi connectivity index (χ4n) is 2.49. The minimum absolute atomic E-state index is 0.205. The predicted octanol–water partition coefficient (Wildman–Crippen LogP) is 4.74. The summed E-state index contributed by atoms with van der Waals surface area (Å²) in [6, 6.07) is 13.8. The van der Waals surface area contributed by atoms with E-state index in [1.807, 2.05) is 68.5 Å². The molecular formula is C19H20N2O2. The molecule has 0 fully saturated rings. The number of aromatic amines is 1. The minimum Gasteiger partial charge on any atom is -0.493 e. The highest BCUT2D eigenvalue weighted by Crippen LogP contribution is 2.32. The zero-order valence-corrected chi connectivity index (χ0v) is 13.5. The van der Waals surface area contributed by atoms with Gasteiger partial charge < -0.3 is 14.5 Å². The fraction of sp³-hybridized carbons (Fsp3) is 0.211. The monoisotopic (exact) mass is 308 g/mol. The topological polar surface area (TPSA) is 47.1 Å². The molecule has 4 heteroatoms. The molecule has 2 aromatic carbocycles. The minimum atomic E-state index is -0.205. The number of fused-ring (bicyclic) bond motifs is 1. The Kier molecular flexibility index (Phi) is 4.33. The van der Waals surface area contributed by atoms with Crippen LogP contribution in [-0.4, -0.2) is 17.1 Å². The molecule has 0 saturated carbocycles. The molecule has 3 aromatic rings. The van der Waals surface area contributed by atoms with Crippen molar-refractivity contribution in [2.45, 2.75) is 20.0 Å². The smallest absolute Gasteiger partial charge is 0.162 e. The third-order valence-corrected chi connectivity index (χ3v) is 3.64. The normalized spacial score (nSPS) is 12.7. The number of hydrogen-bond donors (Lipinski definition) is 1. The molecule has 1 aromatic heterocycles. The number of imidazole rings is 1. The van der Waals surface area contributed by atoms with Gasteiger partial charge in [-0.05, 0) is 43.7 Å². The Labute approximate surface area is 135 Å². The van der Waals surface area contributed by atoms with Crippen molar-refractivity contribution in [1.29, 1.82) is 0 Å². The van der Waals surface area contributed by atoms with Gasteiger partial charge in [0.25, 0.3) is 0 Å². The first-order chi connectivity index (χ1) is 11.2. The van der Waals surface area contributed by atoms with E-state index in [1.54, 1.807) is 7.11 Å². The molecule has 118 valence electrons.